The summed E-state index contributed by atoms with van der Waals surface area (Å²) in [7, 11) is 0. The molecule has 0 unspecified atom stereocenters. The van der Waals surface area contributed by atoms with E-state index in [-0.39, 0.29) is 5.91 Å². The topological polar surface area (TPSA) is 75.3 Å². The molecule has 0 aliphatic carbocycles. The number of anilines is 1. The standard InChI is InChI=1S/C21H29NO6/c1-11(2)12-7-9-13(10-8-12)22-18(23)16-14-15(26-20(3,4)25-14)17-19(24-16)28-21(5,6)27-17/h7-11,14-17,19H,1-6H3,(H,22,23)/t14-,15+,16+,17-,19-/m1/s1. The van der Waals surface area contributed by atoms with Crippen LogP contribution in [0.2, 0.25) is 0 Å². The van der Waals surface area contributed by atoms with E-state index in [1.807, 2.05) is 52.0 Å². The van der Waals surface area contributed by atoms with Crippen molar-refractivity contribution in [3.05, 3.63) is 29.8 Å². The molecule has 1 aromatic carbocycles. The van der Waals surface area contributed by atoms with Crippen LogP contribution in [-0.4, -0.2) is 48.2 Å². The number of ether oxygens (including phenoxy) is 5. The number of hydrogen-bond acceptors (Lipinski definition) is 6. The number of rotatable bonds is 3. The van der Waals surface area contributed by atoms with Crippen LogP contribution in [0.15, 0.2) is 24.3 Å². The molecule has 28 heavy (non-hydrogen) atoms. The van der Waals surface area contributed by atoms with Gasteiger partial charge in [-0.3, -0.25) is 4.79 Å². The van der Waals surface area contributed by atoms with Crippen molar-refractivity contribution in [2.75, 3.05) is 5.32 Å². The molecule has 0 spiro atoms. The molecule has 5 atom stereocenters. The fourth-order valence-corrected chi connectivity index (χ4v) is 3.99. The molecule has 3 fully saturated rings. The van der Waals surface area contributed by atoms with Gasteiger partial charge in [0.2, 0.25) is 0 Å². The van der Waals surface area contributed by atoms with E-state index in [0.29, 0.717) is 11.6 Å². The first-order chi connectivity index (χ1) is 13.0. The van der Waals surface area contributed by atoms with Crippen molar-refractivity contribution < 1.29 is 28.5 Å². The lowest BCUT2D eigenvalue weighted by molar-refractivity contribution is -0.229. The molecular weight excluding hydrogens is 362 g/mol. The van der Waals surface area contributed by atoms with Crippen LogP contribution >= 0.6 is 0 Å². The first-order valence-electron chi connectivity index (χ1n) is 9.82. The van der Waals surface area contributed by atoms with Crippen LogP contribution < -0.4 is 5.32 Å². The summed E-state index contributed by atoms with van der Waals surface area (Å²) in [5.74, 6) is -1.51. The van der Waals surface area contributed by atoms with Gasteiger partial charge in [0.25, 0.3) is 5.91 Å². The van der Waals surface area contributed by atoms with E-state index in [9.17, 15) is 4.79 Å². The molecule has 0 aromatic heterocycles. The predicted molar refractivity (Wildman–Crippen MR) is 102 cm³/mol. The van der Waals surface area contributed by atoms with Gasteiger partial charge in [-0.2, -0.15) is 0 Å². The normalized spacial score (nSPS) is 35.5. The van der Waals surface area contributed by atoms with Gasteiger partial charge >= 0.3 is 0 Å². The maximum atomic E-state index is 13.0. The summed E-state index contributed by atoms with van der Waals surface area (Å²) in [6, 6.07) is 7.81. The molecule has 7 nitrogen and oxygen atoms in total. The fourth-order valence-electron chi connectivity index (χ4n) is 3.99. The van der Waals surface area contributed by atoms with Gasteiger partial charge in [0.1, 0.15) is 18.3 Å². The minimum atomic E-state index is -0.865. The number of carbonyl (C=O) groups excluding carboxylic acids is 1. The Morgan fingerprint density at radius 3 is 2.11 bits per heavy atom. The molecule has 3 aliphatic heterocycles. The molecule has 3 aliphatic rings. The van der Waals surface area contributed by atoms with Crippen molar-refractivity contribution in [3.63, 3.8) is 0 Å². The Balaban J connectivity index is 1.53. The summed E-state index contributed by atoms with van der Waals surface area (Å²) in [5, 5.41) is 2.92. The zero-order valence-corrected chi connectivity index (χ0v) is 17.2. The van der Waals surface area contributed by atoms with Gasteiger partial charge in [-0.1, -0.05) is 26.0 Å². The van der Waals surface area contributed by atoms with E-state index in [2.05, 4.69) is 19.2 Å². The van der Waals surface area contributed by atoms with Gasteiger partial charge < -0.3 is 29.0 Å². The molecule has 4 rings (SSSR count). The third-order valence-corrected chi connectivity index (χ3v) is 5.26. The van der Waals surface area contributed by atoms with E-state index < -0.39 is 42.3 Å². The van der Waals surface area contributed by atoms with Gasteiger partial charge in [0.15, 0.2) is 24.0 Å². The zero-order valence-electron chi connectivity index (χ0n) is 17.2. The first kappa shape index (κ1) is 19.8. The van der Waals surface area contributed by atoms with Gasteiger partial charge in [0, 0.05) is 5.69 Å². The summed E-state index contributed by atoms with van der Waals surface area (Å²) < 4.78 is 29.8. The third-order valence-electron chi connectivity index (χ3n) is 5.26. The number of amides is 1. The van der Waals surface area contributed by atoms with E-state index in [4.69, 9.17) is 23.7 Å². The van der Waals surface area contributed by atoms with Gasteiger partial charge in [-0.15, -0.1) is 0 Å². The summed E-state index contributed by atoms with van der Waals surface area (Å²) >= 11 is 0. The Hall–Kier alpha value is -1.51. The molecule has 3 saturated heterocycles. The minimum absolute atomic E-state index is 0.291. The van der Waals surface area contributed by atoms with Gasteiger partial charge in [-0.05, 0) is 51.3 Å². The Labute approximate surface area is 165 Å². The Morgan fingerprint density at radius 2 is 1.46 bits per heavy atom. The lowest BCUT2D eigenvalue weighted by Gasteiger charge is -2.36. The van der Waals surface area contributed by atoms with Crippen LogP contribution in [0.3, 0.4) is 0 Å². The molecule has 3 heterocycles. The van der Waals surface area contributed by atoms with Crippen molar-refractivity contribution in [1.82, 2.24) is 0 Å². The van der Waals surface area contributed by atoms with Crippen LogP contribution in [0.1, 0.15) is 53.0 Å². The molecule has 1 N–H and O–H groups in total. The maximum Gasteiger partial charge on any atom is 0.256 e. The predicted octanol–water partition coefficient (Wildman–Crippen LogP) is 3.15. The highest BCUT2D eigenvalue weighted by Gasteiger charge is 2.62. The SMILES string of the molecule is CC(C)c1ccc(NC(=O)[C@H]2O[C@@H]3OC(C)(C)O[C@@H]3[C@H]3OC(C)(C)O[C@H]32)cc1. The van der Waals surface area contributed by atoms with E-state index in [1.54, 1.807) is 0 Å². The Kier molecular flexibility index (Phi) is 4.79. The number of carbonyl (C=O) groups is 1. The molecule has 154 valence electrons. The number of benzene rings is 1. The summed E-state index contributed by atoms with van der Waals surface area (Å²) in [5.41, 5.74) is 1.92. The highest BCUT2D eigenvalue weighted by molar-refractivity contribution is 5.94. The van der Waals surface area contributed by atoms with Gasteiger partial charge in [0.05, 0.1) is 0 Å². The van der Waals surface area contributed by atoms with E-state index in [0.717, 1.165) is 0 Å². The van der Waals surface area contributed by atoms with Crippen molar-refractivity contribution >= 4 is 11.6 Å². The largest absolute Gasteiger partial charge is 0.342 e. The van der Waals surface area contributed by atoms with Crippen LogP contribution in [-0.2, 0) is 28.5 Å². The third kappa shape index (κ3) is 3.69. The van der Waals surface area contributed by atoms with Crippen LogP contribution in [0.4, 0.5) is 5.69 Å². The molecule has 0 radical (unpaired) electrons. The van der Waals surface area contributed by atoms with Crippen molar-refractivity contribution in [3.8, 4) is 0 Å². The lowest BCUT2D eigenvalue weighted by Crippen LogP contribution is -2.58. The maximum absolute atomic E-state index is 13.0. The highest BCUT2D eigenvalue weighted by atomic mass is 16.9. The van der Waals surface area contributed by atoms with Crippen LogP contribution in [0.5, 0.6) is 0 Å². The van der Waals surface area contributed by atoms with Crippen LogP contribution in [0.25, 0.3) is 0 Å². The summed E-state index contributed by atoms with van der Waals surface area (Å²) in [6.07, 6.45) is -3.03. The van der Waals surface area contributed by atoms with Crippen molar-refractivity contribution in [2.24, 2.45) is 0 Å². The van der Waals surface area contributed by atoms with Crippen LogP contribution in [0, 0.1) is 0 Å². The van der Waals surface area contributed by atoms with Gasteiger partial charge in [-0.25, -0.2) is 0 Å². The first-order valence-corrected chi connectivity index (χ1v) is 9.82. The summed E-state index contributed by atoms with van der Waals surface area (Å²) in [4.78, 5) is 13.0. The lowest BCUT2D eigenvalue weighted by atomic mass is 9.98. The zero-order chi connectivity index (χ0) is 20.3. The number of fused-ring (bicyclic) bond motifs is 3. The number of nitrogens with one attached hydrogen (secondary N) is 1. The molecule has 1 aromatic rings. The highest BCUT2D eigenvalue weighted by Crippen LogP contribution is 2.44. The molecule has 0 saturated carbocycles. The number of hydrogen-bond donors (Lipinski definition) is 1. The second-order valence-electron chi connectivity index (χ2n) is 8.86. The molecule has 1 amide bonds. The average Bonchev–Trinajstić information content (AvgIpc) is 3.08. The molecule has 0 bridgehead atoms. The summed E-state index contributed by atoms with van der Waals surface area (Å²) in [6.45, 7) is 11.5. The van der Waals surface area contributed by atoms with E-state index >= 15 is 0 Å². The minimum Gasteiger partial charge on any atom is -0.342 e. The molecule has 7 heteroatoms. The van der Waals surface area contributed by atoms with Crippen molar-refractivity contribution in [2.45, 2.75) is 89.7 Å². The smallest absolute Gasteiger partial charge is 0.256 e. The fraction of sp³-hybridized carbons (Fsp3) is 0.667. The second kappa shape index (κ2) is 6.78. The Morgan fingerprint density at radius 1 is 0.893 bits per heavy atom. The average molecular weight is 391 g/mol. The molecular formula is C21H29NO6. The second-order valence-corrected chi connectivity index (χ2v) is 8.86. The quantitative estimate of drug-likeness (QED) is 0.853. The van der Waals surface area contributed by atoms with Crippen molar-refractivity contribution in [1.29, 1.82) is 0 Å². The monoisotopic (exact) mass is 391 g/mol. The Bertz CT molecular complexity index is 744. The van der Waals surface area contributed by atoms with E-state index in [1.165, 1.54) is 5.56 Å².